The highest BCUT2D eigenvalue weighted by atomic mass is 16.5. The molecule has 0 aromatic carbocycles. The Morgan fingerprint density at radius 1 is 1.39 bits per heavy atom. The van der Waals surface area contributed by atoms with Crippen LogP contribution in [0.5, 0.6) is 0 Å². The molecule has 0 aliphatic carbocycles. The maximum Gasteiger partial charge on any atom is 0.330 e. The molecule has 0 bridgehead atoms. The van der Waals surface area contributed by atoms with Gasteiger partial charge in [-0.05, 0) is 25.3 Å². The van der Waals surface area contributed by atoms with Crippen molar-refractivity contribution in [2.45, 2.75) is 38.0 Å². The molecule has 1 aromatic heterocycles. The number of hydrogen-bond donors (Lipinski definition) is 1. The van der Waals surface area contributed by atoms with Gasteiger partial charge in [-0.1, -0.05) is 10.3 Å². The van der Waals surface area contributed by atoms with Gasteiger partial charge in [0.15, 0.2) is 6.04 Å². The van der Waals surface area contributed by atoms with Crippen LogP contribution in [0.1, 0.15) is 37.6 Å². The summed E-state index contributed by atoms with van der Waals surface area (Å²) in [5, 5.41) is 20.3. The van der Waals surface area contributed by atoms with Crippen LogP contribution in [-0.4, -0.2) is 52.3 Å². The third kappa shape index (κ3) is 4.94. The molecule has 0 spiro atoms. The van der Waals surface area contributed by atoms with E-state index < -0.39 is 30.1 Å². The van der Waals surface area contributed by atoms with Crippen LogP contribution in [0.3, 0.4) is 0 Å². The Balaban J connectivity index is 2.92. The minimum atomic E-state index is -1.06. The monoisotopic (exact) mass is 326 g/mol. The number of azide groups is 1. The number of aliphatic hydroxyl groups is 1. The molecule has 1 heterocycles. The molecule has 0 saturated carbocycles. The molecule has 0 aliphatic rings. The molecule has 126 valence electrons. The first-order chi connectivity index (χ1) is 10.9. The summed E-state index contributed by atoms with van der Waals surface area (Å²) in [6.07, 6.45) is 0.731. The van der Waals surface area contributed by atoms with Crippen LogP contribution in [0.2, 0.25) is 0 Å². The molecule has 0 saturated heterocycles. The van der Waals surface area contributed by atoms with Crippen LogP contribution in [0.15, 0.2) is 11.3 Å². The molecule has 0 aliphatic heterocycles. The van der Waals surface area contributed by atoms with E-state index in [1.807, 2.05) is 0 Å². The lowest BCUT2D eigenvalue weighted by Crippen LogP contribution is -2.26. The van der Waals surface area contributed by atoms with E-state index in [0.717, 1.165) is 0 Å². The summed E-state index contributed by atoms with van der Waals surface area (Å²) in [5.74, 6) is -1.30. The van der Waals surface area contributed by atoms with E-state index in [4.69, 9.17) is 10.3 Å². The Labute approximate surface area is 131 Å². The fourth-order valence-corrected chi connectivity index (χ4v) is 1.87. The van der Waals surface area contributed by atoms with E-state index in [2.05, 4.69) is 25.1 Å². The molecule has 23 heavy (non-hydrogen) atoms. The first-order valence-corrected chi connectivity index (χ1v) is 6.74. The van der Waals surface area contributed by atoms with Crippen molar-refractivity contribution in [3.8, 4) is 0 Å². The van der Waals surface area contributed by atoms with Crippen molar-refractivity contribution in [1.29, 1.82) is 0 Å². The normalized spacial score (nSPS) is 14.3. The van der Waals surface area contributed by atoms with Gasteiger partial charge in [-0.3, -0.25) is 4.79 Å². The van der Waals surface area contributed by atoms with Gasteiger partial charge < -0.3 is 14.6 Å². The number of nitrogens with zero attached hydrogens (tertiary/aromatic N) is 6. The van der Waals surface area contributed by atoms with Gasteiger partial charge in [0.05, 0.1) is 26.5 Å². The number of hydrogen-bond acceptors (Lipinski definition) is 8. The van der Waals surface area contributed by atoms with E-state index in [1.165, 1.54) is 32.0 Å². The minimum Gasteiger partial charge on any atom is -0.469 e. The highest BCUT2D eigenvalue weighted by molar-refractivity contribution is 5.76. The molecular formula is C12H18N6O5. The Bertz CT molecular complexity index is 595. The molecule has 1 rings (SSSR count). The van der Waals surface area contributed by atoms with Gasteiger partial charge in [0.25, 0.3) is 0 Å². The van der Waals surface area contributed by atoms with Crippen molar-refractivity contribution in [1.82, 2.24) is 15.0 Å². The number of aliphatic hydroxyl groups excluding tert-OH is 1. The minimum absolute atomic E-state index is 0.0559. The number of carbonyl (C=O) groups is 2. The molecule has 11 nitrogen and oxygen atoms in total. The van der Waals surface area contributed by atoms with E-state index in [-0.39, 0.29) is 12.8 Å². The first-order valence-electron chi connectivity index (χ1n) is 6.74. The lowest BCUT2D eigenvalue weighted by atomic mass is 10.1. The molecular weight excluding hydrogens is 308 g/mol. The van der Waals surface area contributed by atoms with Crippen LogP contribution < -0.4 is 0 Å². The SMILES string of the molecule is COC(=O)C(CCC(C(=O)OC)n1cc(C(C)O)nn1)N=[N+]=[N-]. The number of rotatable bonds is 8. The topological polar surface area (TPSA) is 152 Å². The molecule has 0 fully saturated rings. The summed E-state index contributed by atoms with van der Waals surface area (Å²) < 4.78 is 10.5. The third-order valence-electron chi connectivity index (χ3n) is 3.13. The smallest absolute Gasteiger partial charge is 0.330 e. The quantitative estimate of drug-likeness (QED) is 0.319. The lowest BCUT2D eigenvalue weighted by Gasteiger charge is -2.16. The maximum absolute atomic E-state index is 11.9. The van der Waals surface area contributed by atoms with Gasteiger partial charge in [-0.25, -0.2) is 9.48 Å². The van der Waals surface area contributed by atoms with Gasteiger partial charge in [0.2, 0.25) is 0 Å². The van der Waals surface area contributed by atoms with Gasteiger partial charge in [-0.15, -0.1) is 5.10 Å². The summed E-state index contributed by atoms with van der Waals surface area (Å²) >= 11 is 0. The van der Waals surface area contributed by atoms with E-state index in [0.29, 0.717) is 5.69 Å². The van der Waals surface area contributed by atoms with Crippen LogP contribution in [0.4, 0.5) is 0 Å². The largest absolute Gasteiger partial charge is 0.469 e. The summed E-state index contributed by atoms with van der Waals surface area (Å²) in [7, 11) is 2.39. The highest BCUT2D eigenvalue weighted by Crippen LogP contribution is 2.19. The molecule has 3 unspecified atom stereocenters. The predicted octanol–water partition coefficient (Wildman–Crippen LogP) is 0.678. The first kappa shape index (κ1) is 18.4. The van der Waals surface area contributed by atoms with Gasteiger partial charge in [0.1, 0.15) is 11.7 Å². The standard InChI is InChI=1S/C12H18N6O5/c1-7(19)9-6-18(17-15-9)10(12(21)23-3)5-4-8(14-16-13)11(20)22-2/h6-8,10,19H,4-5H2,1-3H3. The van der Waals surface area contributed by atoms with Gasteiger partial charge in [0, 0.05) is 4.91 Å². The fraction of sp³-hybridized carbons (Fsp3) is 0.667. The van der Waals surface area contributed by atoms with Crippen LogP contribution >= 0.6 is 0 Å². The Hall–Kier alpha value is -2.65. The van der Waals surface area contributed by atoms with Crippen molar-refractivity contribution < 1.29 is 24.2 Å². The molecule has 0 radical (unpaired) electrons. The van der Waals surface area contributed by atoms with Crippen molar-refractivity contribution >= 4 is 11.9 Å². The van der Waals surface area contributed by atoms with E-state index in [9.17, 15) is 14.7 Å². The van der Waals surface area contributed by atoms with Crippen molar-refractivity contribution in [2.24, 2.45) is 5.11 Å². The van der Waals surface area contributed by atoms with Crippen molar-refractivity contribution in [3.05, 3.63) is 22.3 Å². The fourth-order valence-electron chi connectivity index (χ4n) is 1.87. The molecule has 1 N–H and O–H groups in total. The zero-order valence-corrected chi connectivity index (χ0v) is 13.0. The third-order valence-corrected chi connectivity index (χ3v) is 3.13. The van der Waals surface area contributed by atoms with Crippen LogP contribution in [0.25, 0.3) is 10.4 Å². The van der Waals surface area contributed by atoms with Crippen LogP contribution in [-0.2, 0) is 19.1 Å². The summed E-state index contributed by atoms with van der Waals surface area (Å²) in [6, 6.07) is -1.93. The second kappa shape index (κ2) is 8.71. The molecule has 11 heteroatoms. The maximum atomic E-state index is 11.9. The Morgan fingerprint density at radius 3 is 2.52 bits per heavy atom. The van der Waals surface area contributed by atoms with E-state index in [1.54, 1.807) is 0 Å². The van der Waals surface area contributed by atoms with Gasteiger partial charge >= 0.3 is 11.9 Å². The second-order valence-electron chi connectivity index (χ2n) is 4.66. The number of methoxy groups -OCH3 is 2. The number of aromatic nitrogens is 3. The average molecular weight is 326 g/mol. The summed E-state index contributed by atoms with van der Waals surface area (Å²) in [5.41, 5.74) is 8.78. The van der Waals surface area contributed by atoms with E-state index >= 15 is 0 Å². The molecule has 3 atom stereocenters. The van der Waals surface area contributed by atoms with Gasteiger partial charge in [-0.2, -0.15) is 0 Å². The zero-order chi connectivity index (χ0) is 17.4. The van der Waals surface area contributed by atoms with Crippen molar-refractivity contribution in [3.63, 3.8) is 0 Å². The Morgan fingerprint density at radius 2 is 2.04 bits per heavy atom. The highest BCUT2D eigenvalue weighted by Gasteiger charge is 2.27. The Kier molecular flexibility index (Phi) is 6.97. The average Bonchev–Trinajstić information content (AvgIpc) is 3.02. The number of carbonyl (C=O) groups excluding carboxylic acids is 2. The number of esters is 2. The van der Waals surface area contributed by atoms with Crippen molar-refractivity contribution in [2.75, 3.05) is 14.2 Å². The predicted molar refractivity (Wildman–Crippen MR) is 75.9 cm³/mol. The lowest BCUT2D eigenvalue weighted by molar-refractivity contribution is -0.146. The summed E-state index contributed by atoms with van der Waals surface area (Å²) in [4.78, 5) is 26.0. The van der Waals surface area contributed by atoms with Crippen LogP contribution in [0, 0.1) is 0 Å². The number of ether oxygens (including phenoxy) is 2. The molecule has 0 amide bonds. The zero-order valence-electron chi connectivity index (χ0n) is 13.0. The summed E-state index contributed by atoms with van der Waals surface area (Å²) in [6.45, 7) is 1.51. The second-order valence-corrected chi connectivity index (χ2v) is 4.66. The molecule has 1 aromatic rings.